The van der Waals surface area contributed by atoms with Crippen LogP contribution in [0.25, 0.3) is 0 Å². The molecule has 1 amide bonds. The van der Waals surface area contributed by atoms with Crippen molar-refractivity contribution >= 4 is 18.3 Å². The van der Waals surface area contributed by atoms with Gasteiger partial charge in [-0.25, -0.2) is 0 Å². The Hall–Kier alpha value is -1.10. The molecule has 1 unspecified atom stereocenters. The zero-order valence-electron chi connectivity index (χ0n) is 11.9. The van der Waals surface area contributed by atoms with Crippen LogP contribution >= 0.6 is 12.4 Å². The van der Waals surface area contributed by atoms with Gasteiger partial charge in [0, 0.05) is 19.6 Å². The smallest absolute Gasteiger partial charge is 0.239 e. The number of hydrogen-bond donors (Lipinski definition) is 1. The zero-order valence-corrected chi connectivity index (χ0v) is 12.7. The quantitative estimate of drug-likeness (QED) is 0.858. The Kier molecular flexibility index (Phi) is 8.39. The van der Waals surface area contributed by atoms with Crippen molar-refractivity contribution in [3.63, 3.8) is 0 Å². The van der Waals surface area contributed by atoms with Crippen LogP contribution in [0.4, 0.5) is 0 Å². The molecule has 0 radical (unpaired) electrons. The minimum absolute atomic E-state index is 0. The maximum absolute atomic E-state index is 12.0. The Morgan fingerprint density at radius 1 is 1.21 bits per heavy atom. The molecule has 1 aromatic carbocycles. The van der Waals surface area contributed by atoms with E-state index in [1.165, 1.54) is 0 Å². The van der Waals surface area contributed by atoms with Gasteiger partial charge in [0.05, 0.1) is 6.04 Å². The molecule has 0 saturated carbocycles. The fraction of sp³-hybridized carbons (Fsp3) is 0.500. The van der Waals surface area contributed by atoms with Crippen molar-refractivity contribution in [1.29, 1.82) is 0 Å². The highest BCUT2D eigenvalue weighted by molar-refractivity contribution is 5.85. The van der Waals surface area contributed by atoms with Gasteiger partial charge in [-0.1, -0.05) is 30.3 Å². The molecule has 0 heterocycles. The molecule has 2 N–H and O–H groups in total. The van der Waals surface area contributed by atoms with E-state index in [1.807, 2.05) is 49.3 Å². The summed E-state index contributed by atoms with van der Waals surface area (Å²) in [4.78, 5) is 15.9. The van der Waals surface area contributed by atoms with Gasteiger partial charge in [0.15, 0.2) is 0 Å². The summed E-state index contributed by atoms with van der Waals surface area (Å²) < 4.78 is 0. The van der Waals surface area contributed by atoms with E-state index in [1.54, 1.807) is 6.92 Å². The van der Waals surface area contributed by atoms with Crippen LogP contribution < -0.4 is 5.73 Å². The number of nitrogens with zero attached hydrogens (tertiary/aromatic N) is 2. The van der Waals surface area contributed by atoms with Crippen LogP contribution in [0.3, 0.4) is 0 Å². The Morgan fingerprint density at radius 2 is 1.79 bits per heavy atom. The maximum Gasteiger partial charge on any atom is 0.239 e. The van der Waals surface area contributed by atoms with Crippen molar-refractivity contribution in [3.05, 3.63) is 35.9 Å². The van der Waals surface area contributed by atoms with Crippen molar-refractivity contribution in [3.8, 4) is 0 Å². The van der Waals surface area contributed by atoms with Crippen LogP contribution in [0, 0.1) is 0 Å². The van der Waals surface area contributed by atoms with E-state index in [0.29, 0.717) is 13.1 Å². The van der Waals surface area contributed by atoms with Crippen molar-refractivity contribution in [1.82, 2.24) is 9.80 Å². The first kappa shape index (κ1) is 17.9. The van der Waals surface area contributed by atoms with Crippen molar-refractivity contribution < 1.29 is 4.79 Å². The monoisotopic (exact) mass is 285 g/mol. The van der Waals surface area contributed by atoms with Crippen LogP contribution in [-0.4, -0.2) is 48.9 Å². The molecular weight excluding hydrogens is 262 g/mol. The second-order valence-corrected chi connectivity index (χ2v) is 4.84. The number of carbonyl (C=O) groups excluding carboxylic acids is 1. The molecule has 0 aliphatic rings. The van der Waals surface area contributed by atoms with Crippen LogP contribution in [0.1, 0.15) is 12.5 Å². The average molecular weight is 286 g/mol. The van der Waals surface area contributed by atoms with E-state index in [-0.39, 0.29) is 18.3 Å². The van der Waals surface area contributed by atoms with Gasteiger partial charge in [0.2, 0.25) is 5.91 Å². The number of amides is 1. The van der Waals surface area contributed by atoms with Crippen LogP contribution in [0.5, 0.6) is 0 Å². The summed E-state index contributed by atoms with van der Waals surface area (Å²) in [6.07, 6.45) is 0. The fourth-order valence-electron chi connectivity index (χ4n) is 1.68. The molecule has 0 bridgehead atoms. The summed E-state index contributed by atoms with van der Waals surface area (Å²) in [5.41, 5.74) is 6.82. The van der Waals surface area contributed by atoms with Crippen molar-refractivity contribution in [2.24, 2.45) is 5.73 Å². The summed E-state index contributed by atoms with van der Waals surface area (Å²) in [5, 5.41) is 0. The first-order valence-corrected chi connectivity index (χ1v) is 6.23. The molecule has 0 aliphatic carbocycles. The lowest BCUT2D eigenvalue weighted by atomic mass is 10.2. The lowest BCUT2D eigenvalue weighted by molar-refractivity contribution is -0.133. The number of likely N-dealkylation sites (N-methyl/N-ethyl adjacent to an activating group) is 1. The largest absolute Gasteiger partial charge is 0.336 e. The number of benzene rings is 1. The standard InChI is InChI=1S/C14H23N3O.ClH/c1-12(15)14(18)17(10-9-16(2)3)11-13-7-5-4-6-8-13;/h4-8,12H,9-11,15H2,1-3H3;1H. The molecule has 1 atom stereocenters. The van der Waals surface area contributed by atoms with Gasteiger partial charge < -0.3 is 15.5 Å². The number of halogens is 1. The van der Waals surface area contributed by atoms with E-state index in [2.05, 4.69) is 4.90 Å². The fourth-order valence-corrected chi connectivity index (χ4v) is 1.68. The summed E-state index contributed by atoms with van der Waals surface area (Å²) in [5.74, 6) is 0.000651. The predicted octanol–water partition coefficient (Wildman–Crippen LogP) is 1.35. The topological polar surface area (TPSA) is 49.6 Å². The molecule has 4 nitrogen and oxygen atoms in total. The highest BCUT2D eigenvalue weighted by Gasteiger charge is 2.17. The van der Waals surface area contributed by atoms with Gasteiger partial charge in [-0.2, -0.15) is 0 Å². The SMILES string of the molecule is CC(N)C(=O)N(CCN(C)C)Cc1ccccc1.Cl. The summed E-state index contributed by atoms with van der Waals surface area (Å²) in [6, 6.07) is 9.54. The highest BCUT2D eigenvalue weighted by Crippen LogP contribution is 2.05. The van der Waals surface area contributed by atoms with Gasteiger partial charge >= 0.3 is 0 Å². The molecule has 0 saturated heterocycles. The summed E-state index contributed by atoms with van der Waals surface area (Å²) in [6.45, 7) is 3.89. The van der Waals surface area contributed by atoms with E-state index < -0.39 is 6.04 Å². The van der Waals surface area contributed by atoms with Crippen LogP contribution in [0.2, 0.25) is 0 Å². The minimum Gasteiger partial charge on any atom is -0.336 e. The lowest BCUT2D eigenvalue weighted by Gasteiger charge is -2.26. The second kappa shape index (κ2) is 8.91. The Bertz CT molecular complexity index is 368. The van der Waals surface area contributed by atoms with Crippen LogP contribution in [-0.2, 0) is 11.3 Å². The average Bonchev–Trinajstić information content (AvgIpc) is 2.34. The van der Waals surface area contributed by atoms with Gasteiger partial charge in [0.1, 0.15) is 0 Å². The first-order chi connectivity index (χ1) is 8.50. The maximum atomic E-state index is 12.0. The lowest BCUT2D eigenvalue weighted by Crippen LogP contribution is -2.44. The third-order valence-corrected chi connectivity index (χ3v) is 2.73. The minimum atomic E-state index is -0.448. The van der Waals surface area contributed by atoms with Gasteiger partial charge in [-0.05, 0) is 26.6 Å². The Balaban J connectivity index is 0.00000324. The molecule has 0 aliphatic heterocycles. The molecule has 0 fully saturated rings. The van der Waals surface area contributed by atoms with Gasteiger partial charge in [-0.15, -0.1) is 12.4 Å². The number of nitrogens with two attached hydrogens (primary N) is 1. The molecule has 108 valence electrons. The molecule has 1 aromatic rings. The van der Waals surface area contributed by atoms with E-state index in [0.717, 1.165) is 12.1 Å². The predicted molar refractivity (Wildman–Crippen MR) is 81.3 cm³/mol. The zero-order chi connectivity index (χ0) is 13.5. The van der Waals surface area contributed by atoms with Gasteiger partial charge in [-0.3, -0.25) is 4.79 Å². The molecular formula is C14H24ClN3O. The molecule has 0 spiro atoms. The summed E-state index contributed by atoms with van der Waals surface area (Å²) in [7, 11) is 3.99. The third kappa shape index (κ3) is 6.57. The molecule has 1 rings (SSSR count). The third-order valence-electron chi connectivity index (χ3n) is 2.73. The second-order valence-electron chi connectivity index (χ2n) is 4.84. The normalized spacial score (nSPS) is 11.8. The van der Waals surface area contributed by atoms with Crippen molar-refractivity contribution in [2.45, 2.75) is 19.5 Å². The Morgan fingerprint density at radius 3 is 2.26 bits per heavy atom. The molecule has 5 heteroatoms. The van der Waals surface area contributed by atoms with E-state index in [4.69, 9.17) is 5.73 Å². The first-order valence-electron chi connectivity index (χ1n) is 6.23. The van der Waals surface area contributed by atoms with Gasteiger partial charge in [0.25, 0.3) is 0 Å². The Labute approximate surface area is 122 Å². The van der Waals surface area contributed by atoms with E-state index in [9.17, 15) is 4.79 Å². The molecule has 0 aromatic heterocycles. The summed E-state index contributed by atoms with van der Waals surface area (Å²) >= 11 is 0. The number of carbonyl (C=O) groups is 1. The number of rotatable bonds is 6. The highest BCUT2D eigenvalue weighted by atomic mass is 35.5. The van der Waals surface area contributed by atoms with E-state index >= 15 is 0 Å². The van der Waals surface area contributed by atoms with Crippen LogP contribution in [0.15, 0.2) is 30.3 Å². The van der Waals surface area contributed by atoms with Crippen molar-refractivity contribution in [2.75, 3.05) is 27.2 Å². The molecule has 19 heavy (non-hydrogen) atoms. The number of hydrogen-bond acceptors (Lipinski definition) is 3.